The van der Waals surface area contributed by atoms with Crippen molar-refractivity contribution in [2.24, 2.45) is 11.7 Å². The molecule has 2 aliphatic heterocycles. The molecule has 3 rings (SSSR count). The van der Waals surface area contributed by atoms with E-state index in [1.54, 1.807) is 0 Å². The molecule has 5 nitrogen and oxygen atoms in total. The van der Waals surface area contributed by atoms with Crippen LogP contribution in [-0.4, -0.2) is 35.8 Å². The second-order valence-electron chi connectivity index (χ2n) is 6.43. The molecule has 0 saturated carbocycles. The summed E-state index contributed by atoms with van der Waals surface area (Å²) in [7, 11) is 0. The van der Waals surface area contributed by atoms with Crippen molar-refractivity contribution in [1.29, 1.82) is 0 Å². The van der Waals surface area contributed by atoms with Crippen molar-refractivity contribution in [2.45, 2.75) is 38.6 Å². The first-order valence-electron chi connectivity index (χ1n) is 8.02. The minimum Gasteiger partial charge on any atom is -0.338 e. The lowest BCUT2D eigenvalue weighted by molar-refractivity contribution is -0.116. The van der Waals surface area contributed by atoms with E-state index in [4.69, 9.17) is 5.73 Å². The van der Waals surface area contributed by atoms with E-state index in [1.807, 2.05) is 30.0 Å². The fourth-order valence-electron chi connectivity index (χ4n) is 3.32. The number of hydrogen-bond donors (Lipinski definition) is 2. The topological polar surface area (TPSA) is 75.4 Å². The third-order valence-electron chi connectivity index (χ3n) is 4.74. The quantitative estimate of drug-likeness (QED) is 0.874. The summed E-state index contributed by atoms with van der Waals surface area (Å²) < 4.78 is 0. The molecule has 0 spiro atoms. The van der Waals surface area contributed by atoms with Gasteiger partial charge in [0.1, 0.15) is 0 Å². The summed E-state index contributed by atoms with van der Waals surface area (Å²) >= 11 is 0. The van der Waals surface area contributed by atoms with Gasteiger partial charge in [0, 0.05) is 36.8 Å². The molecule has 1 aromatic rings. The molecular formula is C17H23N3O2. The minimum absolute atomic E-state index is 0.0439. The zero-order chi connectivity index (χ0) is 15.7. The van der Waals surface area contributed by atoms with E-state index in [0.29, 0.717) is 24.3 Å². The number of nitrogens with two attached hydrogens (primary N) is 1. The van der Waals surface area contributed by atoms with Crippen LogP contribution in [0.5, 0.6) is 0 Å². The van der Waals surface area contributed by atoms with Crippen LogP contribution in [0.25, 0.3) is 0 Å². The van der Waals surface area contributed by atoms with Gasteiger partial charge in [-0.1, -0.05) is 0 Å². The van der Waals surface area contributed by atoms with Crippen LogP contribution in [0.3, 0.4) is 0 Å². The van der Waals surface area contributed by atoms with Crippen molar-refractivity contribution in [3.05, 3.63) is 29.3 Å². The van der Waals surface area contributed by atoms with Crippen molar-refractivity contribution in [2.75, 3.05) is 18.4 Å². The molecule has 1 saturated heterocycles. The van der Waals surface area contributed by atoms with E-state index in [2.05, 4.69) is 5.32 Å². The number of nitrogens with one attached hydrogen (secondary N) is 1. The van der Waals surface area contributed by atoms with Crippen LogP contribution in [0, 0.1) is 5.92 Å². The van der Waals surface area contributed by atoms with Crippen molar-refractivity contribution >= 4 is 17.5 Å². The van der Waals surface area contributed by atoms with E-state index in [-0.39, 0.29) is 17.9 Å². The minimum atomic E-state index is 0.0439. The summed E-state index contributed by atoms with van der Waals surface area (Å²) in [5.41, 5.74) is 8.58. The number of anilines is 1. The Hall–Kier alpha value is -1.88. The maximum absolute atomic E-state index is 12.7. The summed E-state index contributed by atoms with van der Waals surface area (Å²) in [6.45, 7) is 3.56. The standard InChI is InChI=1S/C17H23N3O2/c1-11(18)14-3-2-8-20(10-14)17(22)13-4-6-15-12(9-13)5-7-16(21)19-15/h4,6,9,11,14H,2-3,5,7-8,10,18H2,1H3,(H,19,21). The van der Waals surface area contributed by atoms with E-state index in [9.17, 15) is 9.59 Å². The lowest BCUT2D eigenvalue weighted by atomic mass is 9.91. The number of aryl methyl sites for hydroxylation is 1. The molecule has 1 aromatic carbocycles. The molecule has 2 unspecified atom stereocenters. The molecule has 2 atom stereocenters. The van der Waals surface area contributed by atoms with E-state index in [1.165, 1.54) is 0 Å². The summed E-state index contributed by atoms with van der Waals surface area (Å²) in [6, 6.07) is 5.69. The zero-order valence-corrected chi connectivity index (χ0v) is 13.0. The van der Waals surface area contributed by atoms with Crippen LogP contribution in [0.4, 0.5) is 5.69 Å². The van der Waals surface area contributed by atoms with E-state index >= 15 is 0 Å². The summed E-state index contributed by atoms with van der Waals surface area (Å²) in [6.07, 6.45) is 3.29. The molecule has 0 aromatic heterocycles. The van der Waals surface area contributed by atoms with E-state index < -0.39 is 0 Å². The Kier molecular flexibility index (Phi) is 4.16. The number of hydrogen-bond acceptors (Lipinski definition) is 3. The maximum atomic E-state index is 12.7. The largest absolute Gasteiger partial charge is 0.338 e. The van der Waals surface area contributed by atoms with Gasteiger partial charge in [0.2, 0.25) is 5.91 Å². The third-order valence-corrected chi connectivity index (χ3v) is 4.74. The fraction of sp³-hybridized carbons (Fsp3) is 0.529. The van der Waals surface area contributed by atoms with Crippen molar-refractivity contribution < 1.29 is 9.59 Å². The molecule has 2 aliphatic rings. The highest BCUT2D eigenvalue weighted by atomic mass is 16.2. The molecule has 0 radical (unpaired) electrons. The number of likely N-dealkylation sites (tertiary alicyclic amines) is 1. The molecule has 0 bridgehead atoms. The molecule has 3 N–H and O–H groups in total. The van der Waals surface area contributed by atoms with Crippen LogP contribution in [0.2, 0.25) is 0 Å². The Labute approximate surface area is 130 Å². The van der Waals surface area contributed by atoms with Crippen molar-refractivity contribution in [3.8, 4) is 0 Å². The first-order chi connectivity index (χ1) is 10.5. The predicted octanol–water partition coefficient (Wildman–Crippen LogP) is 1.77. The van der Waals surface area contributed by atoms with Crippen LogP contribution < -0.4 is 11.1 Å². The summed E-state index contributed by atoms with van der Waals surface area (Å²) in [5.74, 6) is 0.502. The number of rotatable bonds is 2. The highest BCUT2D eigenvalue weighted by Gasteiger charge is 2.27. The Morgan fingerprint density at radius 1 is 1.41 bits per heavy atom. The SMILES string of the molecule is CC(N)C1CCCN(C(=O)c2ccc3c(c2)CCC(=O)N3)C1. The summed E-state index contributed by atoms with van der Waals surface area (Å²) in [4.78, 5) is 26.0. The molecular weight excluding hydrogens is 278 g/mol. The number of fused-ring (bicyclic) bond motifs is 1. The van der Waals surface area contributed by atoms with Gasteiger partial charge in [-0.2, -0.15) is 0 Å². The van der Waals surface area contributed by atoms with Gasteiger partial charge in [-0.15, -0.1) is 0 Å². The van der Waals surface area contributed by atoms with Crippen LogP contribution in [-0.2, 0) is 11.2 Å². The molecule has 118 valence electrons. The van der Waals surface area contributed by atoms with Gasteiger partial charge >= 0.3 is 0 Å². The average molecular weight is 301 g/mol. The maximum Gasteiger partial charge on any atom is 0.253 e. The predicted molar refractivity (Wildman–Crippen MR) is 85.7 cm³/mol. The van der Waals surface area contributed by atoms with E-state index in [0.717, 1.165) is 37.2 Å². The van der Waals surface area contributed by atoms with Gasteiger partial charge < -0.3 is 16.0 Å². The normalized spacial score (nSPS) is 22.7. The van der Waals surface area contributed by atoms with Crippen LogP contribution in [0.15, 0.2) is 18.2 Å². The molecule has 2 heterocycles. The van der Waals surface area contributed by atoms with Crippen LogP contribution in [0.1, 0.15) is 42.1 Å². The highest BCUT2D eigenvalue weighted by molar-refractivity contribution is 5.98. The van der Waals surface area contributed by atoms with Gasteiger partial charge in [0.05, 0.1) is 0 Å². The lowest BCUT2D eigenvalue weighted by Gasteiger charge is -2.34. The first kappa shape index (κ1) is 15.0. The molecule has 2 amide bonds. The third kappa shape index (κ3) is 2.99. The molecule has 22 heavy (non-hydrogen) atoms. The summed E-state index contributed by atoms with van der Waals surface area (Å²) in [5, 5.41) is 2.85. The van der Waals surface area contributed by atoms with Crippen LogP contribution >= 0.6 is 0 Å². The second kappa shape index (κ2) is 6.08. The van der Waals surface area contributed by atoms with Gasteiger partial charge in [0.25, 0.3) is 5.91 Å². The van der Waals surface area contributed by atoms with Gasteiger partial charge in [-0.3, -0.25) is 9.59 Å². The first-order valence-corrected chi connectivity index (χ1v) is 8.02. The Balaban J connectivity index is 1.76. The average Bonchev–Trinajstić information content (AvgIpc) is 2.53. The number of nitrogens with zero attached hydrogens (tertiary/aromatic N) is 1. The van der Waals surface area contributed by atoms with Gasteiger partial charge in [-0.25, -0.2) is 0 Å². The highest BCUT2D eigenvalue weighted by Crippen LogP contribution is 2.26. The molecule has 0 aliphatic carbocycles. The Morgan fingerprint density at radius 2 is 2.23 bits per heavy atom. The number of carbonyl (C=O) groups excluding carboxylic acids is 2. The van der Waals surface area contributed by atoms with Crippen molar-refractivity contribution in [3.63, 3.8) is 0 Å². The molecule has 5 heteroatoms. The number of piperidine rings is 1. The smallest absolute Gasteiger partial charge is 0.253 e. The molecule has 1 fully saturated rings. The Bertz CT molecular complexity index is 598. The second-order valence-corrected chi connectivity index (χ2v) is 6.43. The van der Waals surface area contributed by atoms with Crippen molar-refractivity contribution in [1.82, 2.24) is 4.90 Å². The number of benzene rings is 1. The monoisotopic (exact) mass is 301 g/mol. The Morgan fingerprint density at radius 3 is 3.00 bits per heavy atom. The zero-order valence-electron chi connectivity index (χ0n) is 13.0. The fourth-order valence-corrected chi connectivity index (χ4v) is 3.32. The van der Waals surface area contributed by atoms with Gasteiger partial charge in [-0.05, 0) is 55.9 Å². The number of amides is 2. The number of carbonyl (C=O) groups is 2. The van der Waals surface area contributed by atoms with Gasteiger partial charge in [0.15, 0.2) is 0 Å². The lowest BCUT2D eigenvalue weighted by Crippen LogP contribution is -2.45.